The van der Waals surface area contributed by atoms with E-state index in [4.69, 9.17) is 19.8 Å². The van der Waals surface area contributed by atoms with Crippen LogP contribution in [0.15, 0.2) is 24.4 Å². The molecule has 1 fully saturated rings. The predicted molar refractivity (Wildman–Crippen MR) is 114 cm³/mol. The van der Waals surface area contributed by atoms with Crippen LogP contribution in [-0.4, -0.2) is 56.6 Å². The maximum atomic E-state index is 13.4. The summed E-state index contributed by atoms with van der Waals surface area (Å²) in [4.78, 5) is 35.5. The van der Waals surface area contributed by atoms with Crippen molar-refractivity contribution in [2.45, 2.75) is 45.3 Å². The maximum absolute atomic E-state index is 13.4. The number of hydrogen-bond acceptors (Lipinski definition) is 5. The van der Waals surface area contributed by atoms with Crippen molar-refractivity contribution in [2.75, 3.05) is 13.1 Å². The Labute approximate surface area is 190 Å². The van der Waals surface area contributed by atoms with E-state index in [2.05, 4.69) is 19.8 Å². The van der Waals surface area contributed by atoms with Gasteiger partial charge in [-0.2, -0.15) is 0 Å². The number of aromatic nitrogens is 2. The number of amides is 1. The Morgan fingerprint density at radius 3 is 2.42 bits per heavy atom. The quantitative estimate of drug-likeness (QED) is 0.576. The van der Waals surface area contributed by atoms with Crippen LogP contribution in [0.2, 0.25) is 0 Å². The largest absolute Gasteiger partial charge is 0.483 e. The van der Waals surface area contributed by atoms with Crippen LogP contribution in [0.3, 0.4) is 0 Å². The van der Waals surface area contributed by atoms with Gasteiger partial charge in [-0.25, -0.2) is 13.8 Å². The summed E-state index contributed by atoms with van der Waals surface area (Å²) >= 11 is 0. The number of imidazole rings is 1. The summed E-state index contributed by atoms with van der Waals surface area (Å²) in [6, 6.07) is 4.07. The van der Waals surface area contributed by atoms with E-state index in [1.807, 2.05) is 6.20 Å². The average Bonchev–Trinajstić information content (AvgIpc) is 3.02. The van der Waals surface area contributed by atoms with Gasteiger partial charge in [0.1, 0.15) is 5.82 Å². The Bertz CT molecular complexity index is 928. The zero-order valence-corrected chi connectivity index (χ0v) is 18.1. The molecule has 1 aliphatic carbocycles. The van der Waals surface area contributed by atoms with Crippen LogP contribution >= 0.6 is 0 Å². The van der Waals surface area contributed by atoms with E-state index in [0.29, 0.717) is 13.1 Å². The van der Waals surface area contributed by atoms with Crippen LogP contribution in [0.5, 0.6) is 0 Å². The molecule has 180 valence electrons. The Morgan fingerprint density at radius 2 is 1.82 bits per heavy atom. The predicted octanol–water partition coefficient (Wildman–Crippen LogP) is 2.04. The summed E-state index contributed by atoms with van der Waals surface area (Å²) < 4.78 is 28.7. The molecule has 0 unspecified atom stereocenters. The van der Waals surface area contributed by atoms with Crippen molar-refractivity contribution < 1.29 is 33.4 Å². The molecule has 9 nitrogen and oxygen atoms in total. The molecule has 1 saturated carbocycles. The van der Waals surface area contributed by atoms with Gasteiger partial charge < -0.3 is 20.1 Å². The van der Waals surface area contributed by atoms with E-state index >= 15 is 0 Å². The molecule has 1 amide bonds. The van der Waals surface area contributed by atoms with Gasteiger partial charge in [-0.05, 0) is 30.5 Å². The zero-order valence-electron chi connectivity index (χ0n) is 18.1. The number of rotatable bonds is 5. The Kier molecular flexibility index (Phi) is 10.4. The van der Waals surface area contributed by atoms with Gasteiger partial charge >= 0.3 is 0 Å². The first-order valence-corrected chi connectivity index (χ1v) is 10.6. The molecule has 3 N–H and O–H groups in total. The Morgan fingerprint density at radius 1 is 1.12 bits per heavy atom. The van der Waals surface area contributed by atoms with Crippen LogP contribution < -0.4 is 5.32 Å². The van der Waals surface area contributed by atoms with Crippen LogP contribution in [0.25, 0.3) is 0 Å². The first-order chi connectivity index (χ1) is 15.9. The molecule has 1 aliphatic heterocycles. The molecule has 2 heterocycles. The Hall–Kier alpha value is -3.34. The number of carboxylic acid groups (broad SMARTS) is 2. The van der Waals surface area contributed by atoms with E-state index in [0.717, 1.165) is 62.4 Å². The monoisotopic (exact) mass is 466 g/mol. The molecule has 0 atom stereocenters. The van der Waals surface area contributed by atoms with Crippen molar-refractivity contribution in [3.63, 3.8) is 0 Å². The molecule has 0 saturated heterocycles. The molecule has 0 spiro atoms. The molecule has 2 aromatic rings. The number of halogens is 2. The van der Waals surface area contributed by atoms with Crippen LogP contribution in [0.1, 0.15) is 36.3 Å². The molecule has 11 heteroatoms. The highest BCUT2D eigenvalue weighted by molar-refractivity contribution is 5.79. The average molecular weight is 466 g/mol. The molecule has 0 radical (unpaired) electrons. The van der Waals surface area contributed by atoms with E-state index in [1.165, 1.54) is 12.1 Å². The van der Waals surface area contributed by atoms with Gasteiger partial charge in [0, 0.05) is 38.5 Å². The van der Waals surface area contributed by atoms with Gasteiger partial charge in [-0.3, -0.25) is 19.3 Å². The standard InChI is InChI=1S/C20H24F2N4O.2CH2O2/c21-17-5-4-14(10-18(17)22)13-25-7-6-19-23-11-16(26(19)9-8-25)12-24-20(27)15-2-1-3-15;2*2-1-3/h4-5,10-11,15H,1-3,6-9,12-13H2,(H,24,27);2*1H,(H,2,3). The minimum Gasteiger partial charge on any atom is -0.483 e. The third kappa shape index (κ3) is 7.63. The summed E-state index contributed by atoms with van der Waals surface area (Å²) in [5, 5.41) is 16.8. The minimum atomic E-state index is -0.816. The van der Waals surface area contributed by atoms with Gasteiger partial charge in [0.15, 0.2) is 11.6 Å². The van der Waals surface area contributed by atoms with Crippen LogP contribution in [-0.2, 0) is 40.4 Å². The number of nitrogens with zero attached hydrogens (tertiary/aromatic N) is 3. The van der Waals surface area contributed by atoms with Crippen molar-refractivity contribution in [3.05, 3.63) is 53.1 Å². The fraction of sp³-hybridized carbons (Fsp3) is 0.455. The van der Waals surface area contributed by atoms with E-state index in [1.54, 1.807) is 6.07 Å². The van der Waals surface area contributed by atoms with Crippen molar-refractivity contribution in [3.8, 4) is 0 Å². The Balaban J connectivity index is 0.000000582. The fourth-order valence-corrected chi connectivity index (χ4v) is 3.73. The van der Waals surface area contributed by atoms with Crippen LogP contribution in [0.4, 0.5) is 8.78 Å². The lowest BCUT2D eigenvalue weighted by molar-refractivity contribution is -0.127. The van der Waals surface area contributed by atoms with Gasteiger partial charge in [0.25, 0.3) is 12.9 Å². The molecule has 1 aromatic carbocycles. The SMILES string of the molecule is O=C(NCc1cnc2n1CCN(Cc1ccc(F)c(F)c1)CC2)C1CCC1.O=CO.O=CO. The van der Waals surface area contributed by atoms with E-state index in [9.17, 15) is 13.6 Å². The summed E-state index contributed by atoms with van der Waals surface area (Å²) in [7, 11) is 0. The number of carbonyl (C=O) groups is 3. The van der Waals surface area contributed by atoms with Gasteiger partial charge in [-0.15, -0.1) is 0 Å². The van der Waals surface area contributed by atoms with Crippen molar-refractivity contribution in [2.24, 2.45) is 5.92 Å². The molecular weight excluding hydrogens is 438 g/mol. The highest BCUT2D eigenvalue weighted by atomic mass is 19.2. The van der Waals surface area contributed by atoms with Crippen molar-refractivity contribution in [1.82, 2.24) is 19.8 Å². The number of nitrogens with one attached hydrogen (secondary N) is 1. The normalized spacial score (nSPS) is 15.3. The summed E-state index contributed by atoms with van der Waals surface area (Å²) in [5.41, 5.74) is 1.79. The second kappa shape index (κ2) is 13.3. The topological polar surface area (TPSA) is 125 Å². The first-order valence-electron chi connectivity index (χ1n) is 10.6. The highest BCUT2D eigenvalue weighted by Gasteiger charge is 2.25. The molecule has 33 heavy (non-hydrogen) atoms. The number of benzene rings is 1. The lowest BCUT2D eigenvalue weighted by Crippen LogP contribution is -2.34. The molecule has 4 rings (SSSR count). The second-order valence-electron chi connectivity index (χ2n) is 7.65. The summed E-state index contributed by atoms with van der Waals surface area (Å²) in [6.07, 6.45) is 5.78. The smallest absolute Gasteiger partial charge is 0.290 e. The summed E-state index contributed by atoms with van der Waals surface area (Å²) in [6.45, 7) is 2.96. The summed E-state index contributed by atoms with van der Waals surface area (Å²) in [5.74, 6) is -0.285. The molecule has 1 aromatic heterocycles. The van der Waals surface area contributed by atoms with E-state index < -0.39 is 11.6 Å². The minimum absolute atomic E-state index is 0.144. The van der Waals surface area contributed by atoms with Crippen LogP contribution in [0, 0.1) is 17.6 Å². The number of carbonyl (C=O) groups excluding carboxylic acids is 1. The van der Waals surface area contributed by atoms with Crippen molar-refractivity contribution >= 4 is 18.9 Å². The van der Waals surface area contributed by atoms with Crippen molar-refractivity contribution in [1.29, 1.82) is 0 Å². The molecule has 0 bridgehead atoms. The molecule has 2 aliphatic rings. The lowest BCUT2D eigenvalue weighted by Gasteiger charge is -2.24. The van der Waals surface area contributed by atoms with Gasteiger partial charge in [-0.1, -0.05) is 12.5 Å². The van der Waals surface area contributed by atoms with Gasteiger partial charge in [0.2, 0.25) is 5.91 Å². The molecular formula is C22H28F2N4O5. The second-order valence-corrected chi connectivity index (χ2v) is 7.65. The highest BCUT2D eigenvalue weighted by Crippen LogP contribution is 2.26. The number of fused-ring (bicyclic) bond motifs is 1. The lowest BCUT2D eigenvalue weighted by atomic mass is 9.85. The fourth-order valence-electron chi connectivity index (χ4n) is 3.73. The number of hydrogen-bond donors (Lipinski definition) is 3. The third-order valence-corrected chi connectivity index (χ3v) is 5.62. The first kappa shape index (κ1) is 25.9. The van der Waals surface area contributed by atoms with E-state index in [-0.39, 0.29) is 24.8 Å². The zero-order chi connectivity index (χ0) is 24.2. The van der Waals surface area contributed by atoms with Gasteiger partial charge in [0.05, 0.1) is 18.4 Å². The third-order valence-electron chi connectivity index (χ3n) is 5.62. The maximum Gasteiger partial charge on any atom is 0.290 e.